The van der Waals surface area contributed by atoms with Gasteiger partial charge in [0.05, 0.1) is 28.7 Å². The van der Waals surface area contributed by atoms with Crippen LogP contribution in [0, 0.1) is 6.92 Å². The summed E-state index contributed by atoms with van der Waals surface area (Å²) in [5, 5.41) is 0.795. The van der Waals surface area contributed by atoms with Crippen molar-refractivity contribution < 1.29 is 52.5 Å². The quantitative estimate of drug-likeness (QED) is 0.243. The van der Waals surface area contributed by atoms with Gasteiger partial charge in [-0.1, -0.05) is 12.1 Å². The summed E-state index contributed by atoms with van der Waals surface area (Å²) in [7, 11) is 0. The van der Waals surface area contributed by atoms with Crippen LogP contribution >= 0.6 is 0 Å². The zero-order valence-electron chi connectivity index (χ0n) is 30.7. The summed E-state index contributed by atoms with van der Waals surface area (Å²) >= 11 is 0. The Labute approximate surface area is 310 Å². The van der Waals surface area contributed by atoms with E-state index in [1.54, 1.807) is 13.8 Å². The van der Waals surface area contributed by atoms with E-state index in [0.29, 0.717) is 32.8 Å². The van der Waals surface area contributed by atoms with Gasteiger partial charge in [0.15, 0.2) is 11.5 Å². The highest BCUT2D eigenvalue weighted by atomic mass is 16.7. The molecule has 16 heteroatoms. The lowest BCUT2D eigenvalue weighted by Gasteiger charge is -2.35. The summed E-state index contributed by atoms with van der Waals surface area (Å²) in [4.78, 5) is 80.1. The predicted molar refractivity (Wildman–Crippen MR) is 190 cm³/mol. The van der Waals surface area contributed by atoms with E-state index >= 15 is 0 Å². The van der Waals surface area contributed by atoms with E-state index in [9.17, 15) is 24.0 Å². The predicted octanol–water partition coefficient (Wildman–Crippen LogP) is 3.39. The zero-order valence-corrected chi connectivity index (χ0v) is 30.7. The first-order valence-corrected chi connectivity index (χ1v) is 17.8. The number of anilines is 1. The van der Waals surface area contributed by atoms with Crippen LogP contribution in [-0.2, 0) is 50.2 Å². The Morgan fingerprint density at radius 1 is 0.852 bits per heavy atom. The van der Waals surface area contributed by atoms with Crippen molar-refractivity contribution in [1.29, 1.82) is 0 Å². The lowest BCUT2D eigenvalue weighted by molar-refractivity contribution is -0.159. The molecular formula is C38H41N5O11. The first-order chi connectivity index (χ1) is 25.8. The Balaban J connectivity index is 1.14. The average Bonchev–Trinajstić information content (AvgIpc) is 3.58. The minimum atomic E-state index is -1.40. The Kier molecular flexibility index (Phi) is 10.00. The number of imidazole rings is 1. The number of benzene rings is 2. The third kappa shape index (κ3) is 6.95. The molecule has 0 spiro atoms. The molecule has 2 aromatic carbocycles. The van der Waals surface area contributed by atoms with Crippen molar-refractivity contribution in [3.05, 3.63) is 65.5 Å². The molecule has 7 rings (SSSR count). The fourth-order valence-corrected chi connectivity index (χ4v) is 7.19. The van der Waals surface area contributed by atoms with Gasteiger partial charge in [0.25, 0.3) is 5.91 Å². The number of hydroxylamine groups is 1. The number of aromatic nitrogens is 2. The standard InChI is InChI=1S/C38H41N5O11/c1-6-49-23(3)42-25-10-8-7-9-24(25)39-26(42)21-41-19-17-40(18-20-41)16-15-31-50-27(44)11-12-28(45)51-34-22(2)33-32-35(53-31)36(34)52-29(46)13-14-30(47)54-43(33)37(48)38(32,4)5/h7-14,23,31H,6,15-21H2,1-5H3/b12-11-,14-13-. The molecule has 1 aromatic heterocycles. The minimum Gasteiger partial charge on any atom is -0.450 e. The number of amides is 1. The molecule has 2 unspecified atom stereocenters. The molecule has 0 N–H and O–H groups in total. The van der Waals surface area contributed by atoms with Crippen molar-refractivity contribution in [2.24, 2.45) is 0 Å². The van der Waals surface area contributed by atoms with Crippen molar-refractivity contribution in [3.8, 4) is 17.2 Å². The molecule has 54 heavy (non-hydrogen) atoms. The van der Waals surface area contributed by atoms with Crippen molar-refractivity contribution in [3.63, 3.8) is 0 Å². The van der Waals surface area contributed by atoms with E-state index in [1.165, 1.54) is 6.92 Å². The number of piperazine rings is 1. The Bertz CT molecular complexity index is 2100. The number of cyclic esters (lactones) is 1. The Hall–Kier alpha value is -5.58. The smallest absolute Gasteiger partial charge is 0.356 e. The van der Waals surface area contributed by atoms with Crippen LogP contribution in [0.1, 0.15) is 57.3 Å². The molecule has 3 aromatic rings. The van der Waals surface area contributed by atoms with E-state index in [2.05, 4.69) is 14.4 Å². The molecule has 16 nitrogen and oxygen atoms in total. The maximum Gasteiger partial charge on any atom is 0.356 e. The SMILES string of the molecule is CCOC(C)n1c(CN2CCN(CCC3OC(=O)/C=C\C(=O)Oc4c(C)c5c6c(c4OC(=O)/C=C\C(=O)ON5C(=O)C6(C)C)O3)CC2)nc2ccccc21. The zero-order chi connectivity index (χ0) is 38.3. The van der Waals surface area contributed by atoms with Crippen molar-refractivity contribution >= 4 is 46.5 Å². The molecule has 0 saturated carbocycles. The van der Waals surface area contributed by atoms with Crippen molar-refractivity contribution in [2.75, 3.05) is 44.4 Å². The second-order valence-electron chi connectivity index (χ2n) is 13.8. The maximum atomic E-state index is 13.8. The number of rotatable bonds is 8. The third-order valence-electron chi connectivity index (χ3n) is 9.87. The monoisotopic (exact) mass is 743 g/mol. The van der Waals surface area contributed by atoms with Gasteiger partial charge in [-0.3, -0.25) is 9.69 Å². The topological polar surface area (TPSA) is 168 Å². The van der Waals surface area contributed by atoms with Crippen molar-refractivity contribution in [2.45, 2.75) is 65.5 Å². The lowest BCUT2D eigenvalue weighted by atomic mass is 9.84. The van der Waals surface area contributed by atoms with E-state index in [0.717, 1.165) is 59.3 Å². The second-order valence-corrected chi connectivity index (χ2v) is 13.8. The van der Waals surface area contributed by atoms with Crippen LogP contribution in [0.15, 0.2) is 48.6 Å². The second kappa shape index (κ2) is 14.7. The summed E-state index contributed by atoms with van der Waals surface area (Å²) < 4.78 is 31.5. The molecule has 0 aliphatic carbocycles. The van der Waals surface area contributed by atoms with Crippen LogP contribution in [0.3, 0.4) is 0 Å². The molecule has 4 aliphatic heterocycles. The van der Waals surface area contributed by atoms with Crippen molar-refractivity contribution in [1.82, 2.24) is 19.4 Å². The molecule has 4 aliphatic rings. The summed E-state index contributed by atoms with van der Waals surface area (Å²) in [5.41, 5.74) is 0.943. The molecule has 1 saturated heterocycles. The molecule has 2 atom stereocenters. The normalized spacial score (nSPS) is 22.1. The van der Waals surface area contributed by atoms with Crippen LogP contribution in [0.25, 0.3) is 11.0 Å². The van der Waals surface area contributed by atoms with Crippen LogP contribution in [-0.4, -0.2) is 94.8 Å². The minimum absolute atomic E-state index is 0.0693. The average molecular weight is 744 g/mol. The number of hydrogen-bond donors (Lipinski definition) is 0. The van der Waals surface area contributed by atoms with Gasteiger partial charge in [-0.2, -0.15) is 0 Å². The maximum absolute atomic E-state index is 13.8. The van der Waals surface area contributed by atoms with Crippen LogP contribution in [0.2, 0.25) is 0 Å². The number of hydrogen-bond acceptors (Lipinski definition) is 14. The van der Waals surface area contributed by atoms with E-state index in [1.807, 2.05) is 38.1 Å². The molecule has 0 radical (unpaired) electrons. The Morgan fingerprint density at radius 2 is 1.50 bits per heavy atom. The van der Waals surface area contributed by atoms with Crippen LogP contribution in [0.4, 0.5) is 5.69 Å². The van der Waals surface area contributed by atoms with Gasteiger partial charge in [0.1, 0.15) is 12.1 Å². The van der Waals surface area contributed by atoms with Gasteiger partial charge < -0.3 is 38.0 Å². The summed E-state index contributed by atoms with van der Waals surface area (Å²) in [6.07, 6.45) is 2.12. The number of esters is 3. The molecule has 1 amide bonds. The van der Waals surface area contributed by atoms with Gasteiger partial charge in [-0.05, 0) is 46.8 Å². The van der Waals surface area contributed by atoms with E-state index < -0.39 is 41.5 Å². The summed E-state index contributed by atoms with van der Waals surface area (Å²) in [6.45, 7) is 13.2. The summed E-state index contributed by atoms with van der Waals surface area (Å²) in [5.74, 6) is -4.35. The third-order valence-corrected chi connectivity index (χ3v) is 9.87. The first kappa shape index (κ1) is 36.8. The molecule has 5 heterocycles. The molecule has 284 valence electrons. The highest BCUT2D eigenvalue weighted by molar-refractivity contribution is 6.11. The number of carbonyl (C=O) groups is 5. The Morgan fingerprint density at radius 3 is 2.22 bits per heavy atom. The van der Waals surface area contributed by atoms with Gasteiger partial charge in [0, 0.05) is 81.2 Å². The number of fused-ring (bicyclic) bond motifs is 1. The number of nitrogens with zero attached hydrogens (tertiary/aromatic N) is 5. The first-order valence-electron chi connectivity index (χ1n) is 17.8. The lowest BCUT2D eigenvalue weighted by Crippen LogP contribution is -2.47. The highest BCUT2D eigenvalue weighted by Gasteiger charge is 2.52. The number of carbonyl (C=O) groups excluding carboxylic acids is 5. The number of ether oxygens (including phenoxy) is 5. The van der Waals surface area contributed by atoms with Gasteiger partial charge in [0.2, 0.25) is 12.0 Å². The molecule has 1 fully saturated rings. The largest absolute Gasteiger partial charge is 0.450 e. The van der Waals surface area contributed by atoms with Crippen LogP contribution < -0.4 is 19.3 Å². The fraction of sp³-hybridized carbons (Fsp3) is 0.421. The fourth-order valence-electron chi connectivity index (χ4n) is 7.19. The highest BCUT2D eigenvalue weighted by Crippen LogP contribution is 2.57. The molecule has 6 bridgehead atoms. The van der Waals surface area contributed by atoms with E-state index in [4.69, 9.17) is 33.5 Å². The molecular weight excluding hydrogens is 702 g/mol. The van der Waals surface area contributed by atoms with Gasteiger partial charge in [-0.15, -0.1) is 5.06 Å². The van der Waals surface area contributed by atoms with Gasteiger partial charge in [-0.25, -0.2) is 24.2 Å². The number of para-hydroxylation sites is 2. The summed E-state index contributed by atoms with van der Waals surface area (Å²) in [6, 6.07) is 8.01. The van der Waals surface area contributed by atoms with Gasteiger partial charge >= 0.3 is 23.9 Å². The van der Waals surface area contributed by atoms with Crippen LogP contribution in [0.5, 0.6) is 17.2 Å². The van der Waals surface area contributed by atoms with E-state index in [-0.39, 0.29) is 46.7 Å².